The van der Waals surface area contributed by atoms with Gasteiger partial charge in [0.15, 0.2) is 11.6 Å². The van der Waals surface area contributed by atoms with Gasteiger partial charge in [-0.05, 0) is 36.8 Å². The van der Waals surface area contributed by atoms with Gasteiger partial charge in [-0.1, -0.05) is 28.1 Å². The summed E-state index contributed by atoms with van der Waals surface area (Å²) in [6.45, 7) is 2.43. The molecule has 0 amide bonds. The maximum atomic E-state index is 14.0. The molecule has 0 fully saturated rings. The molecule has 0 saturated carbocycles. The Kier molecular flexibility index (Phi) is 4.43. The molecule has 0 heterocycles. The summed E-state index contributed by atoms with van der Waals surface area (Å²) in [6, 6.07) is 11.1. The Morgan fingerprint density at radius 3 is 2.74 bits per heavy atom. The lowest BCUT2D eigenvalue weighted by atomic mass is 10.2. The first-order valence-corrected chi connectivity index (χ1v) is 6.72. The molecule has 0 aliphatic carbocycles. The normalized spacial score (nSPS) is 10.3. The molecule has 2 aromatic rings. The molecule has 19 heavy (non-hydrogen) atoms. The summed E-state index contributed by atoms with van der Waals surface area (Å²) in [5.74, 6) is -0.0473. The van der Waals surface area contributed by atoms with Crippen LogP contribution in [0.15, 0.2) is 40.9 Å². The molecular formula is C15H15BrFNO. The van der Waals surface area contributed by atoms with Gasteiger partial charge in [-0.15, -0.1) is 0 Å². The first-order chi connectivity index (χ1) is 9.10. The zero-order chi connectivity index (χ0) is 13.8. The van der Waals surface area contributed by atoms with Crippen LogP contribution in [0.3, 0.4) is 0 Å². The van der Waals surface area contributed by atoms with Crippen molar-refractivity contribution < 1.29 is 9.13 Å². The lowest BCUT2D eigenvalue weighted by Crippen LogP contribution is -2.03. The van der Waals surface area contributed by atoms with Crippen molar-refractivity contribution in [3.8, 4) is 5.75 Å². The van der Waals surface area contributed by atoms with E-state index >= 15 is 0 Å². The number of methoxy groups -OCH3 is 1. The topological polar surface area (TPSA) is 21.3 Å². The van der Waals surface area contributed by atoms with Crippen LogP contribution in [0.5, 0.6) is 5.75 Å². The number of rotatable bonds is 4. The van der Waals surface area contributed by atoms with Crippen molar-refractivity contribution in [3.63, 3.8) is 0 Å². The Morgan fingerprint density at radius 1 is 1.26 bits per heavy atom. The van der Waals surface area contributed by atoms with Gasteiger partial charge >= 0.3 is 0 Å². The van der Waals surface area contributed by atoms with Crippen molar-refractivity contribution in [2.75, 3.05) is 12.4 Å². The molecule has 2 nitrogen and oxygen atoms in total. The first kappa shape index (κ1) is 13.9. The second-order valence-electron chi connectivity index (χ2n) is 4.30. The molecule has 0 aliphatic rings. The molecule has 0 saturated heterocycles. The van der Waals surface area contributed by atoms with E-state index in [4.69, 9.17) is 4.74 Å². The zero-order valence-corrected chi connectivity index (χ0v) is 12.4. The van der Waals surface area contributed by atoms with Gasteiger partial charge in [0, 0.05) is 22.3 Å². The van der Waals surface area contributed by atoms with Crippen LogP contribution in [-0.2, 0) is 6.54 Å². The molecule has 0 spiro atoms. The van der Waals surface area contributed by atoms with Crippen LogP contribution in [0.25, 0.3) is 0 Å². The second-order valence-corrected chi connectivity index (χ2v) is 5.22. The van der Waals surface area contributed by atoms with E-state index in [2.05, 4.69) is 21.2 Å². The van der Waals surface area contributed by atoms with Crippen molar-refractivity contribution >= 4 is 21.6 Å². The van der Waals surface area contributed by atoms with Gasteiger partial charge in [-0.2, -0.15) is 0 Å². The number of benzene rings is 2. The van der Waals surface area contributed by atoms with E-state index in [1.165, 1.54) is 7.11 Å². The fourth-order valence-electron chi connectivity index (χ4n) is 1.89. The standard InChI is InChI=1S/C15H15BrFNO/c1-10-6-12(16)8-13(7-10)18-9-11-4-3-5-14(19-2)15(11)17/h3-8,18H,9H2,1-2H3. The quantitative estimate of drug-likeness (QED) is 0.893. The van der Waals surface area contributed by atoms with Gasteiger partial charge in [0.25, 0.3) is 0 Å². The highest BCUT2D eigenvalue weighted by Crippen LogP contribution is 2.23. The number of hydrogen-bond acceptors (Lipinski definition) is 2. The molecule has 2 rings (SSSR count). The van der Waals surface area contributed by atoms with Crippen molar-refractivity contribution in [3.05, 3.63) is 57.8 Å². The molecule has 0 aliphatic heterocycles. The summed E-state index contributed by atoms with van der Waals surface area (Å²) in [4.78, 5) is 0. The minimum absolute atomic E-state index is 0.268. The van der Waals surface area contributed by atoms with E-state index < -0.39 is 0 Å². The van der Waals surface area contributed by atoms with Gasteiger partial charge in [0.1, 0.15) is 0 Å². The largest absolute Gasteiger partial charge is 0.494 e. The number of ether oxygens (including phenoxy) is 1. The summed E-state index contributed by atoms with van der Waals surface area (Å²) in [6.07, 6.45) is 0. The fraction of sp³-hybridized carbons (Fsp3) is 0.200. The predicted molar refractivity (Wildman–Crippen MR) is 79.2 cm³/mol. The average molecular weight is 324 g/mol. The zero-order valence-electron chi connectivity index (χ0n) is 10.8. The van der Waals surface area contributed by atoms with Crippen LogP contribution in [0.1, 0.15) is 11.1 Å². The van der Waals surface area contributed by atoms with Gasteiger partial charge in [-0.3, -0.25) is 0 Å². The van der Waals surface area contributed by atoms with E-state index in [1.807, 2.05) is 25.1 Å². The molecule has 0 unspecified atom stereocenters. The van der Waals surface area contributed by atoms with Crippen LogP contribution < -0.4 is 10.1 Å². The number of hydrogen-bond donors (Lipinski definition) is 1. The highest BCUT2D eigenvalue weighted by molar-refractivity contribution is 9.10. The molecule has 2 aromatic carbocycles. The Morgan fingerprint density at radius 2 is 2.05 bits per heavy atom. The lowest BCUT2D eigenvalue weighted by Gasteiger charge is -2.10. The smallest absolute Gasteiger partial charge is 0.170 e. The third-order valence-corrected chi connectivity index (χ3v) is 3.25. The van der Waals surface area contributed by atoms with Crippen LogP contribution in [0.4, 0.5) is 10.1 Å². The van der Waals surface area contributed by atoms with Crippen LogP contribution >= 0.6 is 15.9 Å². The highest BCUT2D eigenvalue weighted by atomic mass is 79.9. The monoisotopic (exact) mass is 323 g/mol. The summed E-state index contributed by atoms with van der Waals surface area (Å²) in [5, 5.41) is 3.21. The molecule has 0 radical (unpaired) electrons. The van der Waals surface area contributed by atoms with Crippen molar-refractivity contribution in [2.45, 2.75) is 13.5 Å². The Hall–Kier alpha value is -1.55. The molecule has 0 bridgehead atoms. The number of nitrogens with one attached hydrogen (secondary N) is 1. The van der Waals surface area contributed by atoms with Gasteiger partial charge in [0.2, 0.25) is 0 Å². The number of aryl methyl sites for hydroxylation is 1. The van der Waals surface area contributed by atoms with Crippen molar-refractivity contribution in [2.24, 2.45) is 0 Å². The van der Waals surface area contributed by atoms with E-state index in [1.54, 1.807) is 18.2 Å². The maximum Gasteiger partial charge on any atom is 0.170 e. The fourth-order valence-corrected chi connectivity index (χ4v) is 2.49. The van der Waals surface area contributed by atoms with Crippen LogP contribution in [0.2, 0.25) is 0 Å². The highest BCUT2D eigenvalue weighted by Gasteiger charge is 2.08. The summed E-state index contributed by atoms with van der Waals surface area (Å²) < 4.78 is 19.9. The summed E-state index contributed by atoms with van der Waals surface area (Å²) in [5.41, 5.74) is 2.68. The first-order valence-electron chi connectivity index (χ1n) is 5.92. The van der Waals surface area contributed by atoms with E-state index in [-0.39, 0.29) is 11.6 Å². The van der Waals surface area contributed by atoms with Gasteiger partial charge in [-0.25, -0.2) is 4.39 Å². The van der Waals surface area contributed by atoms with Gasteiger partial charge in [0.05, 0.1) is 7.11 Å². The Labute approximate surface area is 120 Å². The third-order valence-electron chi connectivity index (χ3n) is 2.79. The molecular weight excluding hydrogens is 309 g/mol. The number of halogens is 2. The average Bonchev–Trinajstić information content (AvgIpc) is 2.36. The Bertz CT molecular complexity index is 566. The van der Waals surface area contributed by atoms with E-state index in [0.717, 1.165) is 15.7 Å². The van der Waals surface area contributed by atoms with Crippen molar-refractivity contribution in [1.82, 2.24) is 0 Å². The van der Waals surface area contributed by atoms with Crippen molar-refractivity contribution in [1.29, 1.82) is 0 Å². The maximum absolute atomic E-state index is 14.0. The Balaban J connectivity index is 2.14. The number of anilines is 1. The second kappa shape index (κ2) is 6.06. The molecule has 100 valence electrons. The lowest BCUT2D eigenvalue weighted by molar-refractivity contribution is 0.384. The predicted octanol–water partition coefficient (Wildman–Crippen LogP) is 4.52. The molecule has 0 atom stereocenters. The summed E-state index contributed by atoms with van der Waals surface area (Å²) in [7, 11) is 1.47. The third kappa shape index (κ3) is 3.47. The van der Waals surface area contributed by atoms with Gasteiger partial charge < -0.3 is 10.1 Å². The molecule has 4 heteroatoms. The van der Waals surface area contributed by atoms with E-state index in [0.29, 0.717) is 12.1 Å². The molecule has 0 aromatic heterocycles. The summed E-state index contributed by atoms with van der Waals surface area (Å²) >= 11 is 3.44. The van der Waals surface area contributed by atoms with Crippen LogP contribution in [0, 0.1) is 12.7 Å². The van der Waals surface area contributed by atoms with E-state index in [9.17, 15) is 4.39 Å². The minimum Gasteiger partial charge on any atom is -0.494 e. The van der Waals surface area contributed by atoms with Crippen LogP contribution in [-0.4, -0.2) is 7.11 Å². The SMILES string of the molecule is COc1cccc(CNc2cc(C)cc(Br)c2)c1F. The minimum atomic E-state index is -0.316. The molecule has 1 N–H and O–H groups in total.